The minimum Gasteiger partial charge on any atom is -0.463 e. The molecule has 1 amide bonds. The third-order valence-electron chi connectivity index (χ3n) is 4.19. The first-order chi connectivity index (χ1) is 14.7. The van der Waals surface area contributed by atoms with Crippen LogP contribution in [0.5, 0.6) is 0 Å². The number of hydrogen-bond acceptors (Lipinski definition) is 10. The Morgan fingerprint density at radius 2 is 1.77 bits per heavy atom. The van der Waals surface area contributed by atoms with Crippen LogP contribution in [0.3, 0.4) is 0 Å². The van der Waals surface area contributed by atoms with Crippen molar-refractivity contribution in [3.63, 3.8) is 0 Å². The van der Waals surface area contributed by atoms with Gasteiger partial charge < -0.3 is 24.3 Å². The standard InChI is InChI=1S/C20H22N2O8S/c1-11(23)22-16-17(30-19(26)14-7-5-4-6-8-14)18(31-10-21)15(9-27-12(2)24)29-20(16)28-13(3)25/h4-8,15-18,20H,9H2,1-3H3,(H,22,23)/t15-,16-,17-,18-,20+/m1/s1. The monoisotopic (exact) mass is 450 g/mol. The van der Waals surface area contributed by atoms with Gasteiger partial charge in [-0.3, -0.25) is 14.4 Å². The highest BCUT2D eigenvalue weighted by Crippen LogP contribution is 2.33. The molecule has 0 aliphatic carbocycles. The largest absolute Gasteiger partial charge is 0.463 e. The molecule has 1 aromatic rings. The van der Waals surface area contributed by atoms with Gasteiger partial charge in [-0.05, 0) is 23.9 Å². The van der Waals surface area contributed by atoms with E-state index >= 15 is 0 Å². The number of amides is 1. The highest BCUT2D eigenvalue weighted by molar-refractivity contribution is 8.04. The van der Waals surface area contributed by atoms with Crippen LogP contribution in [0.1, 0.15) is 31.1 Å². The molecule has 0 aromatic heterocycles. The van der Waals surface area contributed by atoms with Crippen LogP contribution in [0.2, 0.25) is 0 Å². The number of nitrogens with zero attached hydrogens (tertiary/aromatic N) is 1. The summed E-state index contributed by atoms with van der Waals surface area (Å²) >= 11 is 0.729. The molecule has 1 aromatic carbocycles. The maximum Gasteiger partial charge on any atom is 0.338 e. The fourth-order valence-corrected chi connectivity index (χ4v) is 3.77. The number of nitrogens with one attached hydrogen (secondary N) is 1. The summed E-state index contributed by atoms with van der Waals surface area (Å²) in [5, 5.41) is 12.9. The summed E-state index contributed by atoms with van der Waals surface area (Å²) in [7, 11) is 0. The molecule has 2 rings (SSSR count). The van der Waals surface area contributed by atoms with E-state index in [1.807, 2.05) is 5.40 Å². The van der Waals surface area contributed by atoms with Gasteiger partial charge in [-0.2, -0.15) is 5.26 Å². The van der Waals surface area contributed by atoms with Crippen LogP contribution in [0.15, 0.2) is 30.3 Å². The number of thiocyanates is 1. The second-order valence-corrected chi connectivity index (χ2v) is 7.55. The fraction of sp³-hybridized carbons (Fsp3) is 0.450. The summed E-state index contributed by atoms with van der Waals surface area (Å²) in [5.41, 5.74) is 0.247. The first kappa shape index (κ1) is 24.2. The SMILES string of the molecule is CC(=O)N[C@H]1[C@@H](OC(C)=O)O[C@H](COC(C)=O)[C@@H](SC#N)[C@@H]1OC(=O)c1ccccc1. The summed E-state index contributed by atoms with van der Waals surface area (Å²) < 4.78 is 21.6. The van der Waals surface area contributed by atoms with Gasteiger partial charge in [0.15, 0.2) is 0 Å². The van der Waals surface area contributed by atoms with Gasteiger partial charge in [-0.25, -0.2) is 4.79 Å². The topological polar surface area (TPSA) is 141 Å². The Morgan fingerprint density at radius 3 is 2.32 bits per heavy atom. The minimum absolute atomic E-state index is 0.247. The van der Waals surface area contributed by atoms with Gasteiger partial charge in [0, 0.05) is 20.8 Å². The van der Waals surface area contributed by atoms with Gasteiger partial charge >= 0.3 is 17.9 Å². The summed E-state index contributed by atoms with van der Waals surface area (Å²) in [6, 6.07) is 7.01. The van der Waals surface area contributed by atoms with Crippen molar-refractivity contribution < 1.29 is 38.1 Å². The maximum absolute atomic E-state index is 12.7. The first-order valence-electron chi connectivity index (χ1n) is 9.26. The Hall–Kier alpha value is -3.10. The minimum atomic E-state index is -1.34. The number of hydrogen-bond donors (Lipinski definition) is 1. The third-order valence-corrected chi connectivity index (χ3v) is 5.14. The number of thioether (sulfide) groups is 1. The van der Waals surface area contributed by atoms with Crippen LogP contribution >= 0.6 is 11.8 Å². The lowest BCUT2D eigenvalue weighted by Gasteiger charge is -2.44. The predicted molar refractivity (Wildman–Crippen MR) is 107 cm³/mol. The Morgan fingerprint density at radius 1 is 1.10 bits per heavy atom. The van der Waals surface area contributed by atoms with E-state index in [-0.39, 0.29) is 12.2 Å². The van der Waals surface area contributed by atoms with Gasteiger partial charge in [0.1, 0.15) is 30.3 Å². The summed E-state index contributed by atoms with van der Waals surface area (Å²) in [6.45, 7) is 3.30. The number of benzene rings is 1. The number of nitriles is 1. The van der Waals surface area contributed by atoms with Gasteiger partial charge in [0.2, 0.25) is 12.2 Å². The smallest absolute Gasteiger partial charge is 0.338 e. The summed E-state index contributed by atoms with van der Waals surface area (Å²) in [5.74, 6) is -2.49. The quantitative estimate of drug-likeness (QED) is 0.365. The van der Waals surface area contributed by atoms with E-state index in [0.717, 1.165) is 18.7 Å². The normalized spacial score (nSPS) is 24.9. The first-order valence-corrected chi connectivity index (χ1v) is 10.1. The molecule has 166 valence electrons. The molecule has 0 radical (unpaired) electrons. The zero-order valence-electron chi connectivity index (χ0n) is 17.1. The highest BCUT2D eigenvalue weighted by atomic mass is 32.2. The number of carbonyl (C=O) groups excluding carboxylic acids is 4. The van der Waals surface area contributed by atoms with Crippen molar-refractivity contribution in [2.45, 2.75) is 50.6 Å². The Bertz CT molecular complexity index is 856. The lowest BCUT2D eigenvalue weighted by Crippen LogP contribution is -2.65. The zero-order chi connectivity index (χ0) is 23.0. The van der Waals surface area contributed by atoms with Crippen molar-refractivity contribution in [3.8, 4) is 5.40 Å². The van der Waals surface area contributed by atoms with E-state index in [2.05, 4.69) is 5.32 Å². The molecule has 1 aliphatic heterocycles. The van der Waals surface area contributed by atoms with E-state index in [9.17, 15) is 24.4 Å². The Labute approximate surface area is 183 Å². The molecule has 0 spiro atoms. The molecule has 1 saturated heterocycles. The Balaban J connectivity index is 2.42. The molecule has 1 aliphatic rings. The average molecular weight is 450 g/mol. The van der Waals surface area contributed by atoms with Crippen LogP contribution < -0.4 is 5.32 Å². The number of rotatable bonds is 7. The lowest BCUT2D eigenvalue weighted by atomic mass is 9.98. The average Bonchev–Trinajstić information content (AvgIpc) is 2.70. The highest BCUT2D eigenvalue weighted by Gasteiger charge is 2.51. The molecule has 0 bridgehead atoms. The number of esters is 3. The molecule has 31 heavy (non-hydrogen) atoms. The third kappa shape index (κ3) is 6.97. The van der Waals surface area contributed by atoms with Gasteiger partial charge in [0.05, 0.1) is 10.8 Å². The maximum atomic E-state index is 12.7. The van der Waals surface area contributed by atoms with Gasteiger partial charge in [0.25, 0.3) is 0 Å². The van der Waals surface area contributed by atoms with Crippen LogP contribution in [-0.2, 0) is 33.3 Å². The van der Waals surface area contributed by atoms with E-state index < -0.39 is 53.6 Å². The van der Waals surface area contributed by atoms with Crippen LogP contribution in [0, 0.1) is 10.7 Å². The van der Waals surface area contributed by atoms with Crippen molar-refractivity contribution in [1.82, 2.24) is 5.32 Å². The van der Waals surface area contributed by atoms with E-state index in [1.165, 1.54) is 13.8 Å². The van der Waals surface area contributed by atoms with E-state index in [0.29, 0.717) is 0 Å². The number of carbonyl (C=O) groups is 4. The van der Waals surface area contributed by atoms with Crippen LogP contribution in [0.4, 0.5) is 0 Å². The van der Waals surface area contributed by atoms with Crippen molar-refractivity contribution in [2.75, 3.05) is 6.61 Å². The molecular weight excluding hydrogens is 428 g/mol. The molecule has 11 heteroatoms. The second-order valence-electron chi connectivity index (χ2n) is 6.59. The summed E-state index contributed by atoms with van der Waals surface area (Å²) in [6.07, 6.45) is -3.44. The Kier molecular flexibility index (Phi) is 8.84. The second kappa shape index (κ2) is 11.3. The van der Waals surface area contributed by atoms with Crippen LogP contribution in [0.25, 0.3) is 0 Å². The lowest BCUT2D eigenvalue weighted by molar-refractivity contribution is -0.231. The molecule has 0 saturated carbocycles. The zero-order valence-corrected chi connectivity index (χ0v) is 17.9. The van der Waals surface area contributed by atoms with E-state index in [4.69, 9.17) is 18.9 Å². The molecular formula is C20H22N2O8S. The number of ether oxygens (including phenoxy) is 4. The predicted octanol–water partition coefficient (Wildman–Crippen LogP) is 1.15. The molecule has 1 heterocycles. The van der Waals surface area contributed by atoms with Gasteiger partial charge in [-0.1, -0.05) is 18.2 Å². The van der Waals surface area contributed by atoms with Gasteiger partial charge in [-0.15, -0.1) is 0 Å². The fourth-order valence-electron chi connectivity index (χ4n) is 3.00. The molecule has 10 nitrogen and oxygen atoms in total. The van der Waals surface area contributed by atoms with Crippen molar-refractivity contribution >= 4 is 35.6 Å². The molecule has 5 atom stereocenters. The molecule has 1 fully saturated rings. The summed E-state index contributed by atoms with van der Waals surface area (Å²) in [4.78, 5) is 47.4. The molecule has 0 unspecified atom stereocenters. The van der Waals surface area contributed by atoms with Crippen molar-refractivity contribution in [2.24, 2.45) is 0 Å². The van der Waals surface area contributed by atoms with Crippen molar-refractivity contribution in [3.05, 3.63) is 35.9 Å². The molecule has 1 N–H and O–H groups in total. The van der Waals surface area contributed by atoms with E-state index in [1.54, 1.807) is 30.3 Å². The van der Waals surface area contributed by atoms with Crippen LogP contribution in [-0.4, -0.2) is 60.2 Å². The van der Waals surface area contributed by atoms with Crippen molar-refractivity contribution in [1.29, 1.82) is 5.26 Å².